The van der Waals surface area contributed by atoms with Gasteiger partial charge >= 0.3 is 5.97 Å². The molecule has 1 aliphatic heterocycles. The summed E-state index contributed by atoms with van der Waals surface area (Å²) in [5.74, 6) is 0.148. The monoisotopic (exact) mass is 314 g/mol. The Kier molecular flexibility index (Phi) is 4.21. The van der Waals surface area contributed by atoms with Gasteiger partial charge in [-0.1, -0.05) is 12.1 Å². The zero-order valence-electron chi connectivity index (χ0n) is 12.7. The van der Waals surface area contributed by atoms with Crippen LogP contribution >= 0.6 is 0 Å². The van der Waals surface area contributed by atoms with Gasteiger partial charge in [0, 0.05) is 11.5 Å². The number of aromatic hydroxyl groups is 1. The van der Waals surface area contributed by atoms with Crippen LogP contribution in [0.2, 0.25) is 0 Å². The first-order valence-electron chi connectivity index (χ1n) is 7.39. The molecule has 2 aromatic carbocycles. The van der Waals surface area contributed by atoms with Crippen molar-refractivity contribution in [2.45, 2.75) is 12.5 Å². The van der Waals surface area contributed by atoms with Gasteiger partial charge in [0.15, 0.2) is 0 Å². The summed E-state index contributed by atoms with van der Waals surface area (Å²) >= 11 is 0. The molecule has 0 fully saturated rings. The molecule has 120 valence electrons. The summed E-state index contributed by atoms with van der Waals surface area (Å²) < 4.78 is 10.4. The molecule has 0 amide bonds. The minimum atomic E-state index is -0.729. The number of hydrogen-bond acceptors (Lipinski definition) is 5. The molecule has 0 radical (unpaired) electrons. The van der Waals surface area contributed by atoms with Crippen molar-refractivity contribution in [3.05, 3.63) is 59.2 Å². The second-order valence-corrected chi connectivity index (χ2v) is 5.63. The highest BCUT2D eigenvalue weighted by Gasteiger charge is 2.30. The molecule has 0 saturated heterocycles. The van der Waals surface area contributed by atoms with Crippen LogP contribution in [0.15, 0.2) is 42.5 Å². The van der Waals surface area contributed by atoms with Gasteiger partial charge in [-0.25, -0.2) is 4.79 Å². The topological polar surface area (TPSA) is 76.0 Å². The van der Waals surface area contributed by atoms with Crippen LogP contribution in [0, 0.1) is 5.92 Å². The average molecular weight is 314 g/mol. The summed E-state index contributed by atoms with van der Waals surface area (Å²) in [6.07, 6.45) is -0.172. The van der Waals surface area contributed by atoms with E-state index in [4.69, 9.17) is 9.47 Å². The van der Waals surface area contributed by atoms with Crippen LogP contribution < -0.4 is 4.74 Å². The summed E-state index contributed by atoms with van der Waals surface area (Å²) in [6, 6.07) is 11.9. The van der Waals surface area contributed by atoms with Gasteiger partial charge in [0.1, 0.15) is 11.5 Å². The average Bonchev–Trinajstić information content (AvgIpc) is 2.57. The number of phenols is 1. The lowest BCUT2D eigenvalue weighted by atomic mass is 9.88. The maximum atomic E-state index is 11.6. The van der Waals surface area contributed by atoms with Crippen LogP contribution in [-0.2, 0) is 11.2 Å². The predicted octanol–water partition coefficient (Wildman–Crippen LogP) is 2.46. The molecule has 0 aliphatic carbocycles. The maximum absolute atomic E-state index is 11.6. The molecular weight excluding hydrogens is 296 g/mol. The number of benzene rings is 2. The molecule has 0 bridgehead atoms. The quantitative estimate of drug-likeness (QED) is 0.851. The SMILES string of the molecule is COC(=O)c1cccc(C[C@H]2COc3ccc(O)cc3[C@@H]2O)c1. The van der Waals surface area contributed by atoms with Crippen molar-refractivity contribution in [1.29, 1.82) is 0 Å². The van der Waals surface area contributed by atoms with Crippen molar-refractivity contribution in [1.82, 2.24) is 0 Å². The Morgan fingerprint density at radius 1 is 1.30 bits per heavy atom. The highest BCUT2D eigenvalue weighted by Crippen LogP contribution is 2.38. The number of rotatable bonds is 3. The van der Waals surface area contributed by atoms with Crippen molar-refractivity contribution in [2.75, 3.05) is 13.7 Å². The Bertz CT molecular complexity index is 725. The van der Waals surface area contributed by atoms with E-state index >= 15 is 0 Å². The third-order valence-electron chi connectivity index (χ3n) is 4.06. The summed E-state index contributed by atoms with van der Waals surface area (Å²) in [5.41, 5.74) is 1.99. The molecule has 23 heavy (non-hydrogen) atoms. The van der Waals surface area contributed by atoms with Gasteiger partial charge in [-0.3, -0.25) is 0 Å². The highest BCUT2D eigenvalue weighted by atomic mass is 16.5. The minimum absolute atomic E-state index is 0.0970. The standard InChI is InChI=1S/C18H18O5/c1-22-18(21)12-4-2-3-11(7-12)8-13-10-23-16-6-5-14(19)9-15(16)17(13)20/h2-7,9,13,17,19-20H,8,10H2,1H3/t13-,17+/m0/s1. The lowest BCUT2D eigenvalue weighted by Gasteiger charge is -2.30. The Labute approximate surface area is 134 Å². The van der Waals surface area contributed by atoms with Crippen LogP contribution in [0.25, 0.3) is 0 Å². The number of fused-ring (bicyclic) bond motifs is 1. The van der Waals surface area contributed by atoms with Crippen LogP contribution in [0.4, 0.5) is 0 Å². The summed E-state index contributed by atoms with van der Waals surface area (Å²) in [6.45, 7) is 0.376. The van der Waals surface area contributed by atoms with Gasteiger partial charge in [0.2, 0.25) is 0 Å². The van der Waals surface area contributed by atoms with Crippen molar-refractivity contribution in [3.8, 4) is 11.5 Å². The molecular formula is C18H18O5. The van der Waals surface area contributed by atoms with Gasteiger partial charge in [-0.05, 0) is 42.3 Å². The van der Waals surface area contributed by atoms with Crippen molar-refractivity contribution in [3.63, 3.8) is 0 Å². The molecule has 1 aliphatic rings. The van der Waals surface area contributed by atoms with Crippen LogP contribution in [0.1, 0.15) is 27.6 Å². The van der Waals surface area contributed by atoms with Crippen LogP contribution in [0.3, 0.4) is 0 Å². The van der Waals surface area contributed by atoms with E-state index in [1.165, 1.54) is 19.2 Å². The molecule has 0 unspecified atom stereocenters. The predicted molar refractivity (Wildman–Crippen MR) is 83.5 cm³/mol. The fourth-order valence-electron chi connectivity index (χ4n) is 2.86. The maximum Gasteiger partial charge on any atom is 0.337 e. The third-order valence-corrected chi connectivity index (χ3v) is 4.06. The number of esters is 1. The van der Waals surface area contributed by atoms with E-state index in [9.17, 15) is 15.0 Å². The molecule has 2 N–H and O–H groups in total. The first-order valence-corrected chi connectivity index (χ1v) is 7.39. The number of aliphatic hydroxyl groups excluding tert-OH is 1. The Morgan fingerprint density at radius 3 is 2.91 bits per heavy atom. The zero-order chi connectivity index (χ0) is 16.4. The molecule has 2 aromatic rings. The number of carbonyl (C=O) groups is 1. The molecule has 3 rings (SSSR count). The van der Waals surface area contributed by atoms with Crippen LogP contribution in [0.5, 0.6) is 11.5 Å². The number of methoxy groups -OCH3 is 1. The van der Waals surface area contributed by atoms with Gasteiger partial charge in [-0.15, -0.1) is 0 Å². The van der Waals surface area contributed by atoms with E-state index < -0.39 is 6.10 Å². The van der Waals surface area contributed by atoms with Crippen LogP contribution in [-0.4, -0.2) is 29.9 Å². The fraction of sp³-hybridized carbons (Fsp3) is 0.278. The molecule has 5 heteroatoms. The van der Waals surface area contributed by atoms with E-state index in [2.05, 4.69) is 0 Å². The number of aliphatic hydroxyl groups is 1. The number of ether oxygens (including phenoxy) is 2. The number of hydrogen-bond donors (Lipinski definition) is 2. The Morgan fingerprint density at radius 2 is 2.13 bits per heavy atom. The van der Waals surface area contributed by atoms with Crippen molar-refractivity contribution >= 4 is 5.97 Å². The fourth-order valence-corrected chi connectivity index (χ4v) is 2.86. The van der Waals surface area contributed by atoms with E-state index in [0.717, 1.165) is 5.56 Å². The van der Waals surface area contributed by atoms with Gasteiger partial charge < -0.3 is 19.7 Å². The Balaban J connectivity index is 1.80. The lowest BCUT2D eigenvalue weighted by Crippen LogP contribution is -2.27. The normalized spacial score (nSPS) is 19.6. The number of phenolic OH excluding ortho intramolecular Hbond substituents is 1. The second-order valence-electron chi connectivity index (χ2n) is 5.63. The third kappa shape index (κ3) is 3.14. The highest BCUT2D eigenvalue weighted by molar-refractivity contribution is 5.89. The van der Waals surface area contributed by atoms with E-state index in [0.29, 0.717) is 29.9 Å². The molecule has 0 aromatic heterocycles. The second kappa shape index (κ2) is 6.30. The summed E-state index contributed by atoms with van der Waals surface area (Å²) in [7, 11) is 1.34. The number of carbonyl (C=O) groups excluding carboxylic acids is 1. The molecule has 1 heterocycles. The van der Waals surface area contributed by atoms with Gasteiger partial charge in [0.25, 0.3) is 0 Å². The zero-order valence-corrected chi connectivity index (χ0v) is 12.7. The molecule has 5 nitrogen and oxygen atoms in total. The first-order chi connectivity index (χ1) is 11.1. The Hall–Kier alpha value is -2.53. The minimum Gasteiger partial charge on any atom is -0.508 e. The van der Waals surface area contributed by atoms with E-state index in [1.54, 1.807) is 24.3 Å². The summed E-state index contributed by atoms with van der Waals surface area (Å²) in [5, 5.41) is 20.1. The molecule has 2 atom stereocenters. The van der Waals surface area contributed by atoms with Gasteiger partial charge in [-0.2, -0.15) is 0 Å². The largest absolute Gasteiger partial charge is 0.508 e. The van der Waals surface area contributed by atoms with Crippen molar-refractivity contribution in [2.24, 2.45) is 5.92 Å². The van der Waals surface area contributed by atoms with E-state index in [-0.39, 0.29) is 17.6 Å². The molecule has 0 spiro atoms. The molecule has 0 saturated carbocycles. The van der Waals surface area contributed by atoms with Gasteiger partial charge in [0.05, 0.1) is 25.4 Å². The van der Waals surface area contributed by atoms with E-state index in [1.807, 2.05) is 6.07 Å². The first kappa shape index (κ1) is 15.4. The van der Waals surface area contributed by atoms with Crippen molar-refractivity contribution < 1.29 is 24.5 Å². The smallest absolute Gasteiger partial charge is 0.337 e. The summed E-state index contributed by atoms with van der Waals surface area (Å²) in [4.78, 5) is 11.6. The lowest BCUT2D eigenvalue weighted by molar-refractivity contribution is 0.0505.